The molecule has 1 aliphatic heterocycles. The number of hydrazine groups is 1. The number of nitrogen functional groups attached to an aromatic ring is 1. The van der Waals surface area contributed by atoms with Crippen LogP contribution in [0.1, 0.15) is 5.01 Å². The zero-order chi connectivity index (χ0) is 11.5. The van der Waals surface area contributed by atoms with Gasteiger partial charge in [-0.25, -0.2) is 5.84 Å². The molecule has 1 aromatic rings. The number of piperazine rings is 1. The lowest BCUT2D eigenvalue weighted by Gasteiger charge is -2.23. The first-order valence-electron chi connectivity index (χ1n) is 4.51. The minimum atomic E-state index is -0.294. The van der Waals surface area contributed by atoms with Crippen molar-refractivity contribution in [2.75, 3.05) is 18.5 Å². The zero-order valence-electron chi connectivity index (χ0n) is 8.27. The number of aromatic nitrogens is 2. The van der Waals surface area contributed by atoms with Crippen molar-refractivity contribution in [3.05, 3.63) is 5.01 Å². The summed E-state index contributed by atoms with van der Waals surface area (Å²) in [6, 6.07) is 0. The van der Waals surface area contributed by atoms with Crippen LogP contribution in [0.3, 0.4) is 0 Å². The second kappa shape index (κ2) is 4.51. The van der Waals surface area contributed by atoms with Gasteiger partial charge in [0.25, 0.3) is 0 Å². The van der Waals surface area contributed by atoms with Crippen molar-refractivity contribution in [1.29, 1.82) is 0 Å². The maximum Gasteiger partial charge on any atom is 0.240 e. The maximum atomic E-state index is 11.1. The lowest BCUT2D eigenvalue weighted by Crippen LogP contribution is -2.50. The third-order valence-corrected chi connectivity index (χ3v) is 2.80. The van der Waals surface area contributed by atoms with Crippen molar-refractivity contribution < 1.29 is 9.59 Å². The van der Waals surface area contributed by atoms with E-state index in [4.69, 9.17) is 5.84 Å². The highest BCUT2D eigenvalue weighted by atomic mass is 32.1. The SMILES string of the molecule is NNc1nnc(CN2CC(=O)NC(=O)C2)s1. The summed E-state index contributed by atoms with van der Waals surface area (Å²) in [5.41, 5.74) is 2.38. The molecule has 4 N–H and O–H groups in total. The molecule has 86 valence electrons. The summed E-state index contributed by atoms with van der Waals surface area (Å²) in [6.45, 7) is 0.798. The van der Waals surface area contributed by atoms with Gasteiger partial charge in [-0.05, 0) is 0 Å². The van der Waals surface area contributed by atoms with Gasteiger partial charge in [-0.3, -0.25) is 25.2 Å². The van der Waals surface area contributed by atoms with Crippen LogP contribution >= 0.6 is 11.3 Å². The average Bonchev–Trinajstić information content (AvgIpc) is 2.64. The van der Waals surface area contributed by atoms with Crippen LogP contribution in [0.4, 0.5) is 5.13 Å². The Morgan fingerprint density at radius 3 is 2.62 bits per heavy atom. The minimum Gasteiger partial charge on any atom is -0.298 e. The number of rotatable bonds is 3. The molecule has 0 bridgehead atoms. The maximum absolute atomic E-state index is 11.1. The van der Waals surface area contributed by atoms with Gasteiger partial charge >= 0.3 is 0 Å². The Kier molecular flexibility index (Phi) is 3.08. The molecule has 16 heavy (non-hydrogen) atoms. The molecule has 0 aromatic carbocycles. The summed E-state index contributed by atoms with van der Waals surface area (Å²) in [6.07, 6.45) is 0. The molecular formula is C7H10N6O2S. The molecule has 9 heteroatoms. The number of carbonyl (C=O) groups is 2. The molecule has 0 aliphatic carbocycles. The monoisotopic (exact) mass is 242 g/mol. The van der Waals surface area contributed by atoms with Gasteiger partial charge in [0.2, 0.25) is 16.9 Å². The molecule has 0 atom stereocenters. The van der Waals surface area contributed by atoms with Gasteiger partial charge in [0.1, 0.15) is 5.01 Å². The van der Waals surface area contributed by atoms with Gasteiger partial charge < -0.3 is 0 Å². The van der Waals surface area contributed by atoms with Crippen LogP contribution in [-0.2, 0) is 16.1 Å². The van der Waals surface area contributed by atoms with Gasteiger partial charge in [0.15, 0.2) is 0 Å². The number of amides is 2. The second-order valence-corrected chi connectivity index (χ2v) is 4.32. The third-order valence-electron chi connectivity index (χ3n) is 1.96. The first-order valence-corrected chi connectivity index (χ1v) is 5.33. The van der Waals surface area contributed by atoms with E-state index in [9.17, 15) is 9.59 Å². The van der Waals surface area contributed by atoms with Crippen molar-refractivity contribution in [3.63, 3.8) is 0 Å². The summed E-state index contributed by atoms with van der Waals surface area (Å²) in [4.78, 5) is 23.9. The van der Waals surface area contributed by atoms with E-state index in [2.05, 4.69) is 20.9 Å². The number of hydrogen-bond donors (Lipinski definition) is 3. The number of nitrogens with zero attached hydrogens (tertiary/aromatic N) is 3. The minimum absolute atomic E-state index is 0.191. The molecule has 0 radical (unpaired) electrons. The Morgan fingerprint density at radius 2 is 2.06 bits per heavy atom. The zero-order valence-corrected chi connectivity index (χ0v) is 9.08. The van der Waals surface area contributed by atoms with E-state index in [1.807, 2.05) is 0 Å². The van der Waals surface area contributed by atoms with Crippen molar-refractivity contribution in [1.82, 2.24) is 20.4 Å². The Bertz CT molecular complexity index is 403. The molecule has 1 aliphatic rings. The van der Waals surface area contributed by atoms with Crippen LogP contribution in [0.25, 0.3) is 0 Å². The van der Waals surface area contributed by atoms with Crippen molar-refractivity contribution >= 4 is 28.3 Å². The first kappa shape index (κ1) is 10.9. The molecule has 1 aromatic heterocycles. The average molecular weight is 242 g/mol. The first-order chi connectivity index (χ1) is 7.67. The van der Waals surface area contributed by atoms with Gasteiger partial charge in [0, 0.05) is 0 Å². The molecule has 0 saturated carbocycles. The number of nitrogens with one attached hydrogen (secondary N) is 2. The van der Waals surface area contributed by atoms with Crippen molar-refractivity contribution in [2.45, 2.75) is 6.54 Å². The molecule has 2 rings (SSSR count). The quantitative estimate of drug-likeness (QED) is 0.328. The highest BCUT2D eigenvalue weighted by Gasteiger charge is 2.23. The Labute approximate surface area is 94.8 Å². The Hall–Kier alpha value is -1.58. The highest BCUT2D eigenvalue weighted by molar-refractivity contribution is 7.15. The van der Waals surface area contributed by atoms with Crippen molar-refractivity contribution in [2.24, 2.45) is 5.84 Å². The van der Waals surface area contributed by atoms with Gasteiger partial charge in [-0.15, -0.1) is 10.2 Å². The summed E-state index contributed by atoms with van der Waals surface area (Å²) in [5, 5.41) is 11.1. The summed E-state index contributed by atoms with van der Waals surface area (Å²) >= 11 is 1.29. The van der Waals surface area contributed by atoms with E-state index in [0.717, 1.165) is 0 Å². The standard InChI is InChI=1S/C7H10N6O2S/c8-10-7-12-11-6(16-7)3-13-1-4(14)9-5(15)2-13/h1-3,8H2,(H,10,12)(H,9,14,15). The number of anilines is 1. The van der Waals surface area contributed by atoms with Gasteiger partial charge in [-0.1, -0.05) is 11.3 Å². The third kappa shape index (κ3) is 2.51. The highest BCUT2D eigenvalue weighted by Crippen LogP contribution is 2.15. The number of hydrogen-bond acceptors (Lipinski definition) is 8. The fourth-order valence-electron chi connectivity index (χ4n) is 1.38. The topological polar surface area (TPSA) is 113 Å². The number of carbonyl (C=O) groups excluding carboxylic acids is 2. The Morgan fingerprint density at radius 1 is 1.38 bits per heavy atom. The fraction of sp³-hybridized carbons (Fsp3) is 0.429. The molecule has 2 amide bonds. The van der Waals surface area contributed by atoms with Crippen LogP contribution in [0, 0.1) is 0 Å². The van der Waals surface area contributed by atoms with Crippen LogP contribution in [-0.4, -0.2) is 40.0 Å². The van der Waals surface area contributed by atoms with E-state index in [0.29, 0.717) is 16.7 Å². The molecule has 0 unspecified atom stereocenters. The van der Waals surface area contributed by atoms with E-state index in [1.54, 1.807) is 4.90 Å². The normalized spacial score (nSPS) is 17.3. The largest absolute Gasteiger partial charge is 0.298 e. The van der Waals surface area contributed by atoms with E-state index in [-0.39, 0.29) is 24.9 Å². The van der Waals surface area contributed by atoms with E-state index >= 15 is 0 Å². The predicted molar refractivity (Wildman–Crippen MR) is 56.1 cm³/mol. The molecular weight excluding hydrogens is 232 g/mol. The molecule has 8 nitrogen and oxygen atoms in total. The van der Waals surface area contributed by atoms with Crippen molar-refractivity contribution in [3.8, 4) is 0 Å². The second-order valence-electron chi connectivity index (χ2n) is 3.26. The van der Waals surface area contributed by atoms with Crippen LogP contribution in [0.15, 0.2) is 0 Å². The molecule has 1 fully saturated rings. The summed E-state index contributed by atoms with van der Waals surface area (Å²) in [5.74, 6) is 4.58. The van der Waals surface area contributed by atoms with Gasteiger partial charge in [0.05, 0.1) is 19.6 Å². The summed E-state index contributed by atoms with van der Waals surface area (Å²) in [7, 11) is 0. The smallest absolute Gasteiger partial charge is 0.240 e. The van der Waals surface area contributed by atoms with Crippen LogP contribution in [0.5, 0.6) is 0 Å². The number of imide groups is 1. The van der Waals surface area contributed by atoms with E-state index in [1.165, 1.54) is 11.3 Å². The predicted octanol–water partition coefficient (Wildman–Crippen LogP) is -1.72. The molecule has 0 spiro atoms. The Balaban J connectivity index is 1.98. The fourth-order valence-corrected chi connectivity index (χ4v) is 2.07. The van der Waals surface area contributed by atoms with E-state index < -0.39 is 0 Å². The van der Waals surface area contributed by atoms with Crippen LogP contribution in [0.2, 0.25) is 0 Å². The lowest BCUT2D eigenvalue weighted by molar-refractivity contribution is -0.136. The number of nitrogens with two attached hydrogens (primary N) is 1. The molecule has 2 heterocycles. The molecule has 1 saturated heterocycles. The summed E-state index contributed by atoms with van der Waals surface area (Å²) < 4.78 is 0. The lowest BCUT2D eigenvalue weighted by atomic mass is 10.3. The van der Waals surface area contributed by atoms with Gasteiger partial charge in [-0.2, -0.15) is 0 Å². The van der Waals surface area contributed by atoms with Crippen LogP contribution < -0.4 is 16.6 Å².